The molecule has 3 rings (SSSR count). The number of carbonyl (C=O) groups is 1. The zero-order valence-electron chi connectivity index (χ0n) is 15.8. The van der Waals surface area contributed by atoms with Crippen LogP contribution in [0.4, 0.5) is 0 Å². The number of benzene rings is 1. The van der Waals surface area contributed by atoms with E-state index in [1.54, 1.807) is 6.21 Å². The minimum absolute atomic E-state index is 0.0369. The van der Waals surface area contributed by atoms with Gasteiger partial charge in [0.15, 0.2) is 0 Å². The van der Waals surface area contributed by atoms with E-state index in [0.717, 1.165) is 16.0 Å². The quantitative estimate of drug-likeness (QED) is 0.524. The van der Waals surface area contributed by atoms with Gasteiger partial charge in [-0.15, -0.1) is 11.3 Å². The maximum atomic E-state index is 12.2. The first-order valence-corrected chi connectivity index (χ1v) is 9.57. The number of thiophene rings is 1. The molecule has 0 fully saturated rings. The first kappa shape index (κ1) is 19.0. The van der Waals surface area contributed by atoms with Crippen molar-refractivity contribution in [3.05, 3.63) is 62.0 Å². The molecule has 2 heterocycles. The van der Waals surface area contributed by atoms with Crippen LogP contribution in [0.15, 0.2) is 34.2 Å². The van der Waals surface area contributed by atoms with Gasteiger partial charge in [-0.2, -0.15) is 5.10 Å². The zero-order valence-corrected chi connectivity index (χ0v) is 16.6. The molecule has 140 valence electrons. The second kappa shape index (κ2) is 7.84. The number of hydrazone groups is 1. The molecule has 0 unspecified atom stereocenters. The van der Waals surface area contributed by atoms with Crippen LogP contribution in [0.3, 0.4) is 0 Å². The van der Waals surface area contributed by atoms with E-state index in [2.05, 4.69) is 34.3 Å². The van der Waals surface area contributed by atoms with Crippen LogP contribution in [0.25, 0.3) is 10.2 Å². The summed E-state index contributed by atoms with van der Waals surface area (Å²) in [5, 5.41) is 4.57. The summed E-state index contributed by atoms with van der Waals surface area (Å²) in [7, 11) is 0. The van der Waals surface area contributed by atoms with Gasteiger partial charge in [0.05, 0.1) is 18.0 Å². The molecular weight excluding hydrogens is 360 g/mol. The third-order valence-corrected chi connectivity index (χ3v) is 5.52. The molecule has 0 aliphatic carbocycles. The largest absolute Gasteiger partial charge is 0.309 e. The monoisotopic (exact) mass is 382 g/mol. The molecule has 3 aromatic rings. The van der Waals surface area contributed by atoms with E-state index >= 15 is 0 Å². The fourth-order valence-electron chi connectivity index (χ4n) is 2.72. The number of fused-ring (bicyclic) bond motifs is 1. The summed E-state index contributed by atoms with van der Waals surface area (Å²) in [5.41, 5.74) is 5.35. The van der Waals surface area contributed by atoms with Crippen LogP contribution in [0, 0.1) is 13.8 Å². The molecule has 0 radical (unpaired) electrons. The molecule has 2 N–H and O–H groups in total. The van der Waals surface area contributed by atoms with Crippen LogP contribution in [-0.4, -0.2) is 22.1 Å². The number of carbonyl (C=O) groups excluding carboxylic acids is 1. The highest BCUT2D eigenvalue weighted by molar-refractivity contribution is 7.18. The van der Waals surface area contributed by atoms with E-state index in [0.29, 0.717) is 22.0 Å². The average molecular weight is 382 g/mol. The third kappa shape index (κ3) is 4.31. The number of aromatic nitrogens is 2. The van der Waals surface area contributed by atoms with Gasteiger partial charge < -0.3 is 4.98 Å². The van der Waals surface area contributed by atoms with Gasteiger partial charge in [0.1, 0.15) is 10.7 Å². The van der Waals surface area contributed by atoms with Crippen molar-refractivity contribution in [2.75, 3.05) is 0 Å². The number of nitrogens with one attached hydrogen (secondary N) is 2. The summed E-state index contributed by atoms with van der Waals surface area (Å²) in [6.45, 7) is 8.13. The summed E-state index contributed by atoms with van der Waals surface area (Å²) in [6.07, 6.45) is 1.55. The van der Waals surface area contributed by atoms with Crippen molar-refractivity contribution >= 4 is 33.7 Å². The Hall–Kier alpha value is -2.80. The maximum Gasteiger partial charge on any atom is 0.259 e. The van der Waals surface area contributed by atoms with Crippen LogP contribution < -0.4 is 11.0 Å². The number of aryl methyl sites for hydroxylation is 2. The minimum Gasteiger partial charge on any atom is -0.309 e. The van der Waals surface area contributed by atoms with Crippen molar-refractivity contribution in [3.63, 3.8) is 0 Å². The van der Waals surface area contributed by atoms with Gasteiger partial charge in [-0.1, -0.05) is 38.1 Å². The van der Waals surface area contributed by atoms with Gasteiger partial charge in [0.2, 0.25) is 5.91 Å². The lowest BCUT2D eigenvalue weighted by Gasteiger charge is -2.04. The smallest absolute Gasteiger partial charge is 0.259 e. The highest BCUT2D eigenvalue weighted by atomic mass is 32.1. The first-order chi connectivity index (χ1) is 12.8. The number of nitrogens with zero attached hydrogens (tertiary/aromatic N) is 2. The van der Waals surface area contributed by atoms with E-state index in [1.165, 1.54) is 16.9 Å². The second-order valence-electron chi connectivity index (χ2n) is 6.77. The van der Waals surface area contributed by atoms with Crippen molar-refractivity contribution in [2.45, 2.75) is 40.0 Å². The Morgan fingerprint density at radius 3 is 2.67 bits per heavy atom. The van der Waals surface area contributed by atoms with Gasteiger partial charge in [-0.05, 0) is 36.5 Å². The predicted octanol–water partition coefficient (Wildman–Crippen LogP) is 3.42. The normalized spacial score (nSPS) is 11.6. The Morgan fingerprint density at radius 2 is 2.00 bits per heavy atom. The van der Waals surface area contributed by atoms with E-state index in [9.17, 15) is 9.59 Å². The Balaban J connectivity index is 1.65. The number of aromatic amines is 1. The lowest BCUT2D eigenvalue weighted by molar-refractivity contribution is -0.120. The third-order valence-electron chi connectivity index (χ3n) is 4.42. The Kier molecular flexibility index (Phi) is 5.51. The topological polar surface area (TPSA) is 87.2 Å². The van der Waals surface area contributed by atoms with Crippen molar-refractivity contribution in [2.24, 2.45) is 5.10 Å². The fourth-order valence-corrected chi connectivity index (χ4v) is 3.77. The van der Waals surface area contributed by atoms with Crippen LogP contribution >= 0.6 is 11.3 Å². The Labute approximate surface area is 161 Å². The number of amides is 1. The van der Waals surface area contributed by atoms with Gasteiger partial charge >= 0.3 is 0 Å². The Bertz CT molecular complexity index is 1060. The summed E-state index contributed by atoms with van der Waals surface area (Å²) in [6, 6.07) is 8.00. The van der Waals surface area contributed by atoms with Gasteiger partial charge in [0, 0.05) is 4.88 Å². The average Bonchev–Trinajstić information content (AvgIpc) is 2.89. The van der Waals surface area contributed by atoms with Crippen LogP contribution in [-0.2, 0) is 11.2 Å². The zero-order chi connectivity index (χ0) is 19.6. The van der Waals surface area contributed by atoms with Crippen molar-refractivity contribution in [3.8, 4) is 0 Å². The second-order valence-corrected chi connectivity index (χ2v) is 7.97. The van der Waals surface area contributed by atoms with E-state index in [1.807, 2.05) is 38.1 Å². The molecule has 0 bridgehead atoms. The van der Waals surface area contributed by atoms with Crippen molar-refractivity contribution in [1.82, 2.24) is 15.4 Å². The Morgan fingerprint density at radius 1 is 1.30 bits per heavy atom. The maximum absolute atomic E-state index is 12.2. The van der Waals surface area contributed by atoms with Gasteiger partial charge in [0.25, 0.3) is 5.56 Å². The van der Waals surface area contributed by atoms with Crippen LogP contribution in [0.1, 0.15) is 47.2 Å². The summed E-state index contributed by atoms with van der Waals surface area (Å²) in [5.74, 6) is 0.471. The van der Waals surface area contributed by atoms with Crippen LogP contribution in [0.2, 0.25) is 0 Å². The lowest BCUT2D eigenvalue weighted by atomic mass is 10.0. The van der Waals surface area contributed by atoms with E-state index in [-0.39, 0.29) is 17.9 Å². The van der Waals surface area contributed by atoms with Crippen LogP contribution in [0.5, 0.6) is 0 Å². The standard InChI is InChI=1S/C20H22N4O2S/c1-11(2)15-7-5-14(6-8-15)10-21-24-17(25)9-16-22-19(26)18-12(3)13(4)27-20(18)23-16/h5-8,10-11H,9H2,1-4H3,(H,24,25)(H,22,23,26)/b21-10-. The minimum atomic E-state index is -0.336. The van der Waals surface area contributed by atoms with Crippen molar-refractivity contribution in [1.29, 1.82) is 0 Å². The molecule has 0 atom stereocenters. The highest BCUT2D eigenvalue weighted by Crippen LogP contribution is 2.25. The molecule has 0 saturated heterocycles. The summed E-state index contributed by atoms with van der Waals surface area (Å²) in [4.78, 5) is 33.1. The number of hydrogen-bond donors (Lipinski definition) is 2. The molecular formula is C20H22N4O2S. The SMILES string of the molecule is Cc1sc2nc(CC(=O)N/N=C\c3ccc(C(C)C)cc3)[nH]c(=O)c2c1C. The molecule has 0 saturated carbocycles. The number of H-pyrrole nitrogens is 1. The van der Waals surface area contributed by atoms with E-state index < -0.39 is 0 Å². The molecule has 6 nitrogen and oxygen atoms in total. The molecule has 1 amide bonds. The fraction of sp³-hybridized carbons (Fsp3) is 0.300. The highest BCUT2D eigenvalue weighted by Gasteiger charge is 2.13. The molecule has 2 aromatic heterocycles. The van der Waals surface area contributed by atoms with Gasteiger partial charge in [-0.25, -0.2) is 10.4 Å². The number of rotatable bonds is 5. The predicted molar refractivity (Wildman–Crippen MR) is 110 cm³/mol. The first-order valence-electron chi connectivity index (χ1n) is 8.76. The molecule has 7 heteroatoms. The molecule has 1 aromatic carbocycles. The number of hydrogen-bond acceptors (Lipinski definition) is 5. The van der Waals surface area contributed by atoms with E-state index in [4.69, 9.17) is 0 Å². The summed E-state index contributed by atoms with van der Waals surface area (Å²) >= 11 is 1.46. The summed E-state index contributed by atoms with van der Waals surface area (Å²) < 4.78 is 0. The van der Waals surface area contributed by atoms with Crippen molar-refractivity contribution < 1.29 is 4.79 Å². The lowest BCUT2D eigenvalue weighted by Crippen LogP contribution is -2.23. The van der Waals surface area contributed by atoms with Gasteiger partial charge in [-0.3, -0.25) is 9.59 Å². The molecule has 0 aliphatic rings. The molecule has 27 heavy (non-hydrogen) atoms. The molecule has 0 spiro atoms. The molecule has 0 aliphatic heterocycles.